The van der Waals surface area contributed by atoms with Crippen molar-refractivity contribution in [1.29, 1.82) is 0 Å². The van der Waals surface area contributed by atoms with Gasteiger partial charge in [0.05, 0.1) is 33.1 Å². The Morgan fingerprint density at radius 2 is 1.88 bits per heavy atom. The molecule has 0 fully saturated rings. The molecule has 1 aromatic heterocycles. The van der Waals surface area contributed by atoms with Crippen molar-refractivity contribution in [2.45, 2.75) is 32.7 Å². The second-order valence-corrected chi connectivity index (χ2v) is 7.56. The fraction of sp³-hybridized carbons (Fsp3) is 0.320. The van der Waals surface area contributed by atoms with E-state index in [1.54, 1.807) is 36.4 Å². The lowest BCUT2D eigenvalue weighted by molar-refractivity contribution is 0.0950. The van der Waals surface area contributed by atoms with Gasteiger partial charge in [-0.1, -0.05) is 31.9 Å². The number of pyridine rings is 1. The van der Waals surface area contributed by atoms with E-state index >= 15 is 0 Å². The van der Waals surface area contributed by atoms with Crippen molar-refractivity contribution in [2.24, 2.45) is 5.10 Å². The summed E-state index contributed by atoms with van der Waals surface area (Å²) >= 11 is 0. The van der Waals surface area contributed by atoms with Crippen LogP contribution in [0.3, 0.4) is 0 Å². The minimum atomic E-state index is -0.817. The molecule has 0 atom stereocenters. The second kappa shape index (κ2) is 11.2. The molecule has 9 heteroatoms. The number of benzene rings is 2. The zero-order chi connectivity index (χ0) is 24.7. The number of hydrazone groups is 1. The number of unbranched alkanes of at least 4 members (excludes halogenated alkanes) is 2. The maximum atomic E-state index is 13.2. The number of carbonyl (C=O) groups excluding carboxylic acids is 1. The fourth-order valence-electron chi connectivity index (χ4n) is 3.73. The molecule has 1 heterocycles. The van der Waals surface area contributed by atoms with E-state index in [0.717, 1.165) is 19.3 Å². The monoisotopic (exact) mass is 467 g/mol. The van der Waals surface area contributed by atoms with Crippen molar-refractivity contribution in [3.63, 3.8) is 0 Å². The smallest absolute Gasteiger partial charge is 0.280 e. The topological polar surface area (TPSA) is 111 Å². The van der Waals surface area contributed by atoms with Crippen LogP contribution in [0, 0.1) is 0 Å². The Morgan fingerprint density at radius 1 is 1.12 bits per heavy atom. The van der Waals surface area contributed by atoms with Gasteiger partial charge >= 0.3 is 0 Å². The third-order valence-corrected chi connectivity index (χ3v) is 5.44. The largest absolute Gasteiger partial charge is 0.506 e. The van der Waals surface area contributed by atoms with Gasteiger partial charge in [-0.05, 0) is 24.6 Å². The highest BCUT2D eigenvalue weighted by molar-refractivity contribution is 6.02. The van der Waals surface area contributed by atoms with Crippen LogP contribution in [0.5, 0.6) is 23.0 Å². The van der Waals surface area contributed by atoms with E-state index in [2.05, 4.69) is 17.5 Å². The van der Waals surface area contributed by atoms with Gasteiger partial charge in [0, 0.05) is 23.6 Å². The average molecular weight is 468 g/mol. The molecule has 3 rings (SSSR count). The predicted molar refractivity (Wildman–Crippen MR) is 131 cm³/mol. The summed E-state index contributed by atoms with van der Waals surface area (Å²) in [5.74, 6) is 0.140. The molecule has 9 nitrogen and oxygen atoms in total. The van der Waals surface area contributed by atoms with Crippen LogP contribution in [0.25, 0.3) is 10.9 Å². The fourth-order valence-corrected chi connectivity index (χ4v) is 3.73. The van der Waals surface area contributed by atoms with Crippen LogP contribution in [0.1, 0.15) is 42.1 Å². The Balaban J connectivity index is 1.97. The molecular weight excluding hydrogens is 438 g/mol. The normalized spacial score (nSPS) is 11.1. The molecular formula is C25H29N3O6. The van der Waals surface area contributed by atoms with Gasteiger partial charge in [0.25, 0.3) is 11.5 Å². The van der Waals surface area contributed by atoms with E-state index in [4.69, 9.17) is 14.2 Å². The summed E-state index contributed by atoms with van der Waals surface area (Å²) in [7, 11) is 4.49. The van der Waals surface area contributed by atoms with E-state index in [1.165, 1.54) is 32.1 Å². The summed E-state index contributed by atoms with van der Waals surface area (Å²) in [5.41, 5.74) is 2.47. The molecule has 34 heavy (non-hydrogen) atoms. The van der Waals surface area contributed by atoms with Gasteiger partial charge in [0.2, 0.25) is 0 Å². The van der Waals surface area contributed by atoms with Gasteiger partial charge in [-0.3, -0.25) is 9.59 Å². The van der Waals surface area contributed by atoms with Crippen molar-refractivity contribution in [3.05, 3.63) is 57.9 Å². The lowest BCUT2D eigenvalue weighted by atomic mass is 10.1. The van der Waals surface area contributed by atoms with Crippen molar-refractivity contribution < 1.29 is 24.1 Å². The standard InChI is InChI=1S/C25H29N3O6/c1-5-6-9-12-28-19-11-8-7-10-18(19)22(29)21(25(28)31)24(30)27-26-15-16-13-17(32-2)14-20(33-3)23(16)34-4/h7-8,10-11,13-15,29H,5-6,9,12H2,1-4H3,(H,27,30). The molecule has 0 bridgehead atoms. The van der Waals surface area contributed by atoms with Gasteiger partial charge < -0.3 is 23.9 Å². The van der Waals surface area contributed by atoms with E-state index in [0.29, 0.717) is 40.3 Å². The maximum Gasteiger partial charge on any atom is 0.280 e. The first-order valence-electron chi connectivity index (χ1n) is 10.9. The summed E-state index contributed by atoms with van der Waals surface area (Å²) in [6.07, 6.45) is 4.06. The number of para-hydroxylation sites is 1. The molecule has 0 aliphatic rings. The number of methoxy groups -OCH3 is 3. The van der Waals surface area contributed by atoms with Crippen LogP contribution in [0.15, 0.2) is 46.3 Å². The Morgan fingerprint density at radius 3 is 2.56 bits per heavy atom. The van der Waals surface area contributed by atoms with Crippen molar-refractivity contribution in [2.75, 3.05) is 21.3 Å². The van der Waals surface area contributed by atoms with Crippen molar-refractivity contribution in [3.8, 4) is 23.0 Å². The zero-order valence-corrected chi connectivity index (χ0v) is 19.8. The summed E-state index contributed by atoms with van der Waals surface area (Å²) in [6.45, 7) is 2.51. The van der Waals surface area contributed by atoms with Crippen LogP contribution in [-0.2, 0) is 6.54 Å². The van der Waals surface area contributed by atoms with Gasteiger partial charge in [0.1, 0.15) is 17.1 Å². The molecule has 0 radical (unpaired) electrons. The number of nitrogens with zero attached hydrogens (tertiary/aromatic N) is 2. The van der Waals surface area contributed by atoms with Crippen LogP contribution in [0.2, 0.25) is 0 Å². The summed E-state index contributed by atoms with van der Waals surface area (Å²) < 4.78 is 17.5. The number of amides is 1. The van der Waals surface area contributed by atoms with Crippen LogP contribution in [0.4, 0.5) is 0 Å². The number of aromatic nitrogens is 1. The van der Waals surface area contributed by atoms with Gasteiger partial charge in [-0.15, -0.1) is 0 Å². The van der Waals surface area contributed by atoms with E-state index in [1.807, 2.05) is 0 Å². The Hall–Kier alpha value is -4.01. The van der Waals surface area contributed by atoms with Gasteiger partial charge in [-0.25, -0.2) is 5.43 Å². The highest BCUT2D eigenvalue weighted by Crippen LogP contribution is 2.34. The quantitative estimate of drug-likeness (QED) is 0.267. The van der Waals surface area contributed by atoms with Crippen molar-refractivity contribution in [1.82, 2.24) is 9.99 Å². The molecule has 3 aromatic rings. The van der Waals surface area contributed by atoms with Crippen LogP contribution >= 0.6 is 0 Å². The molecule has 0 spiro atoms. The SMILES string of the molecule is CCCCCn1c(=O)c(C(=O)NN=Cc2cc(OC)cc(OC)c2OC)c(O)c2ccccc21. The summed E-state index contributed by atoms with van der Waals surface area (Å²) in [4.78, 5) is 26.1. The number of fused-ring (bicyclic) bond motifs is 1. The molecule has 0 saturated carbocycles. The predicted octanol–water partition coefficient (Wildman–Crippen LogP) is 3.69. The zero-order valence-electron chi connectivity index (χ0n) is 19.8. The van der Waals surface area contributed by atoms with Gasteiger partial charge in [-0.2, -0.15) is 5.10 Å². The summed E-state index contributed by atoms with van der Waals surface area (Å²) in [5, 5.41) is 15.1. The highest BCUT2D eigenvalue weighted by atomic mass is 16.5. The molecule has 0 aliphatic heterocycles. The third-order valence-electron chi connectivity index (χ3n) is 5.44. The third kappa shape index (κ3) is 4.98. The molecule has 0 aliphatic carbocycles. The number of aromatic hydroxyl groups is 1. The number of aryl methyl sites for hydroxylation is 1. The number of hydrogen-bond acceptors (Lipinski definition) is 7. The molecule has 180 valence electrons. The minimum Gasteiger partial charge on any atom is -0.506 e. The first kappa shape index (κ1) is 24.6. The average Bonchev–Trinajstić information content (AvgIpc) is 2.85. The number of rotatable bonds is 10. The molecule has 2 N–H and O–H groups in total. The number of hydrogen-bond donors (Lipinski definition) is 2. The van der Waals surface area contributed by atoms with Gasteiger partial charge in [0.15, 0.2) is 11.5 Å². The minimum absolute atomic E-state index is 0.359. The Bertz CT molecular complexity index is 1270. The molecule has 1 amide bonds. The Labute approximate surface area is 197 Å². The first-order valence-corrected chi connectivity index (χ1v) is 10.9. The summed E-state index contributed by atoms with van der Waals surface area (Å²) in [6, 6.07) is 10.3. The second-order valence-electron chi connectivity index (χ2n) is 7.56. The van der Waals surface area contributed by atoms with Crippen LogP contribution < -0.4 is 25.2 Å². The number of carbonyl (C=O) groups is 1. The lowest BCUT2D eigenvalue weighted by Gasteiger charge is -2.14. The van der Waals surface area contributed by atoms with E-state index in [-0.39, 0.29) is 11.3 Å². The Kier molecular flexibility index (Phi) is 8.13. The number of nitrogens with one attached hydrogen (secondary N) is 1. The molecule has 0 unspecified atom stereocenters. The first-order chi connectivity index (χ1) is 16.5. The van der Waals surface area contributed by atoms with Crippen LogP contribution in [-0.4, -0.2) is 43.1 Å². The van der Waals surface area contributed by atoms with E-state index in [9.17, 15) is 14.7 Å². The molecule has 2 aromatic carbocycles. The molecule has 0 saturated heterocycles. The number of ether oxygens (including phenoxy) is 3. The maximum absolute atomic E-state index is 13.2. The van der Waals surface area contributed by atoms with Crippen molar-refractivity contribution >= 4 is 23.0 Å². The van der Waals surface area contributed by atoms with E-state index < -0.39 is 11.5 Å². The highest BCUT2D eigenvalue weighted by Gasteiger charge is 2.22. The lowest BCUT2D eigenvalue weighted by Crippen LogP contribution is -2.31.